The molecule has 5 heteroatoms. The van der Waals surface area contributed by atoms with E-state index in [1.807, 2.05) is 6.07 Å². The van der Waals surface area contributed by atoms with Crippen LogP contribution in [0.3, 0.4) is 0 Å². The van der Waals surface area contributed by atoms with Gasteiger partial charge in [-0.15, -0.1) is 0 Å². The molecular formula is C16H21BrN2O2. The topological polar surface area (TPSA) is 43.8 Å². The molecule has 0 aromatic heterocycles. The fourth-order valence-electron chi connectivity index (χ4n) is 3.49. The molecule has 1 aliphatic carbocycles. The third-order valence-corrected chi connectivity index (χ3v) is 5.11. The second-order valence-corrected chi connectivity index (χ2v) is 6.88. The van der Waals surface area contributed by atoms with Gasteiger partial charge in [0.25, 0.3) is 0 Å². The molecule has 1 aliphatic heterocycles. The van der Waals surface area contributed by atoms with Gasteiger partial charge in [0.05, 0.1) is 5.56 Å². The molecule has 0 bridgehead atoms. The van der Waals surface area contributed by atoms with Crippen LogP contribution in [0.15, 0.2) is 22.7 Å². The maximum atomic E-state index is 11.2. The van der Waals surface area contributed by atoms with Crippen molar-refractivity contribution in [3.8, 4) is 0 Å². The minimum Gasteiger partial charge on any atom is -0.478 e. The number of carboxylic acid groups (broad SMARTS) is 1. The van der Waals surface area contributed by atoms with Crippen LogP contribution in [-0.4, -0.2) is 48.2 Å². The number of nitrogens with zero attached hydrogens (tertiary/aromatic N) is 2. The van der Waals surface area contributed by atoms with Gasteiger partial charge in [-0.2, -0.15) is 0 Å². The molecule has 1 aromatic carbocycles. The SMILES string of the molecule is O=C(O)c1cc(Br)cc(N2CCN(C3CCCC3)CC2)c1. The Labute approximate surface area is 133 Å². The van der Waals surface area contributed by atoms with Gasteiger partial charge >= 0.3 is 5.97 Å². The van der Waals surface area contributed by atoms with E-state index in [-0.39, 0.29) is 0 Å². The lowest BCUT2D eigenvalue weighted by Crippen LogP contribution is -2.49. The third-order valence-electron chi connectivity index (χ3n) is 4.65. The van der Waals surface area contributed by atoms with E-state index >= 15 is 0 Å². The molecule has 1 saturated heterocycles. The predicted octanol–water partition coefficient (Wildman–Crippen LogP) is 3.21. The molecule has 0 spiro atoms. The Bertz CT molecular complexity index is 521. The molecule has 2 fully saturated rings. The number of halogens is 1. The molecule has 1 heterocycles. The highest BCUT2D eigenvalue weighted by molar-refractivity contribution is 9.10. The Morgan fingerprint density at radius 1 is 1.10 bits per heavy atom. The monoisotopic (exact) mass is 352 g/mol. The Kier molecular flexibility index (Phi) is 4.50. The second-order valence-electron chi connectivity index (χ2n) is 5.96. The van der Waals surface area contributed by atoms with Crippen LogP contribution in [0.2, 0.25) is 0 Å². The van der Waals surface area contributed by atoms with Gasteiger partial charge in [0.2, 0.25) is 0 Å². The van der Waals surface area contributed by atoms with E-state index in [4.69, 9.17) is 0 Å². The van der Waals surface area contributed by atoms with Gasteiger partial charge < -0.3 is 10.0 Å². The van der Waals surface area contributed by atoms with Gasteiger partial charge in [-0.05, 0) is 31.0 Å². The van der Waals surface area contributed by atoms with Crippen molar-refractivity contribution in [1.82, 2.24) is 4.90 Å². The van der Waals surface area contributed by atoms with Crippen molar-refractivity contribution in [3.05, 3.63) is 28.2 Å². The van der Waals surface area contributed by atoms with Crippen LogP contribution in [0, 0.1) is 0 Å². The number of hydrogen-bond acceptors (Lipinski definition) is 3. The normalized spacial score (nSPS) is 20.9. The molecule has 1 N–H and O–H groups in total. The summed E-state index contributed by atoms with van der Waals surface area (Å²) < 4.78 is 0.829. The summed E-state index contributed by atoms with van der Waals surface area (Å²) in [5, 5.41) is 9.17. The summed E-state index contributed by atoms with van der Waals surface area (Å²) in [4.78, 5) is 16.1. The Morgan fingerprint density at radius 3 is 2.38 bits per heavy atom. The summed E-state index contributed by atoms with van der Waals surface area (Å²) in [5.74, 6) is -0.873. The average molecular weight is 353 g/mol. The Morgan fingerprint density at radius 2 is 1.76 bits per heavy atom. The van der Waals surface area contributed by atoms with E-state index in [0.717, 1.165) is 42.4 Å². The highest BCUT2D eigenvalue weighted by Crippen LogP contribution is 2.27. The van der Waals surface area contributed by atoms with Crippen molar-refractivity contribution in [2.75, 3.05) is 31.1 Å². The van der Waals surface area contributed by atoms with Crippen LogP contribution in [0.5, 0.6) is 0 Å². The first kappa shape index (κ1) is 14.9. The van der Waals surface area contributed by atoms with Crippen molar-refractivity contribution in [2.24, 2.45) is 0 Å². The Hall–Kier alpha value is -1.07. The molecule has 0 unspecified atom stereocenters. The predicted molar refractivity (Wildman–Crippen MR) is 87.1 cm³/mol. The molecule has 114 valence electrons. The maximum Gasteiger partial charge on any atom is 0.335 e. The number of anilines is 1. The summed E-state index contributed by atoms with van der Waals surface area (Å²) in [6, 6.07) is 6.22. The van der Waals surface area contributed by atoms with Crippen LogP contribution in [0.4, 0.5) is 5.69 Å². The van der Waals surface area contributed by atoms with Crippen LogP contribution in [-0.2, 0) is 0 Å². The lowest BCUT2D eigenvalue weighted by molar-refractivity contribution is 0.0697. The van der Waals surface area contributed by atoms with Crippen molar-refractivity contribution >= 4 is 27.6 Å². The van der Waals surface area contributed by atoms with Gasteiger partial charge in [0.1, 0.15) is 0 Å². The number of piperazine rings is 1. The van der Waals surface area contributed by atoms with Crippen molar-refractivity contribution < 1.29 is 9.90 Å². The molecule has 0 radical (unpaired) electrons. The van der Waals surface area contributed by atoms with Gasteiger partial charge in [0.15, 0.2) is 0 Å². The van der Waals surface area contributed by atoms with Crippen LogP contribution in [0.25, 0.3) is 0 Å². The fourth-order valence-corrected chi connectivity index (χ4v) is 3.98. The highest BCUT2D eigenvalue weighted by Gasteiger charge is 2.26. The first-order valence-electron chi connectivity index (χ1n) is 7.66. The van der Waals surface area contributed by atoms with Crippen LogP contribution in [0.1, 0.15) is 36.0 Å². The number of carbonyl (C=O) groups is 1. The molecule has 4 nitrogen and oxygen atoms in total. The van der Waals surface area contributed by atoms with Crippen molar-refractivity contribution in [1.29, 1.82) is 0 Å². The standard InChI is InChI=1S/C16H21BrN2O2/c17-13-9-12(16(20)21)10-15(11-13)19-7-5-18(6-8-19)14-3-1-2-4-14/h9-11,14H,1-8H2,(H,20,21). The van der Waals surface area contributed by atoms with E-state index < -0.39 is 5.97 Å². The number of carboxylic acids is 1. The summed E-state index contributed by atoms with van der Waals surface area (Å²) in [6.45, 7) is 4.12. The summed E-state index contributed by atoms with van der Waals surface area (Å²) >= 11 is 3.41. The average Bonchev–Trinajstić information content (AvgIpc) is 3.01. The summed E-state index contributed by atoms with van der Waals surface area (Å²) in [7, 11) is 0. The van der Waals surface area contributed by atoms with Gasteiger partial charge in [-0.25, -0.2) is 4.79 Å². The molecule has 1 aromatic rings. The lowest BCUT2D eigenvalue weighted by Gasteiger charge is -2.39. The lowest BCUT2D eigenvalue weighted by atomic mass is 10.1. The summed E-state index contributed by atoms with van der Waals surface area (Å²) in [5.41, 5.74) is 1.35. The van der Waals surface area contributed by atoms with E-state index in [1.165, 1.54) is 25.7 Å². The number of hydrogen-bond donors (Lipinski definition) is 1. The van der Waals surface area contributed by atoms with Gasteiger partial charge in [-0.1, -0.05) is 28.8 Å². The molecule has 21 heavy (non-hydrogen) atoms. The van der Waals surface area contributed by atoms with Crippen LogP contribution >= 0.6 is 15.9 Å². The van der Waals surface area contributed by atoms with E-state index in [0.29, 0.717) is 5.56 Å². The number of rotatable bonds is 3. The molecule has 0 atom stereocenters. The largest absolute Gasteiger partial charge is 0.478 e. The number of benzene rings is 1. The zero-order valence-corrected chi connectivity index (χ0v) is 13.7. The zero-order valence-electron chi connectivity index (χ0n) is 12.1. The fraction of sp³-hybridized carbons (Fsp3) is 0.562. The molecule has 0 amide bonds. The second kappa shape index (κ2) is 6.36. The molecular weight excluding hydrogens is 332 g/mol. The quantitative estimate of drug-likeness (QED) is 0.906. The number of aromatic carboxylic acids is 1. The molecule has 1 saturated carbocycles. The smallest absolute Gasteiger partial charge is 0.335 e. The minimum atomic E-state index is -0.873. The molecule has 3 rings (SSSR count). The minimum absolute atomic E-state index is 0.345. The van der Waals surface area contributed by atoms with Crippen molar-refractivity contribution in [3.63, 3.8) is 0 Å². The van der Waals surface area contributed by atoms with Crippen molar-refractivity contribution in [2.45, 2.75) is 31.7 Å². The van der Waals surface area contributed by atoms with E-state index in [1.54, 1.807) is 12.1 Å². The third kappa shape index (κ3) is 3.40. The zero-order chi connectivity index (χ0) is 14.8. The van der Waals surface area contributed by atoms with E-state index in [2.05, 4.69) is 25.7 Å². The first-order chi connectivity index (χ1) is 10.1. The van der Waals surface area contributed by atoms with Crippen LogP contribution < -0.4 is 4.90 Å². The van der Waals surface area contributed by atoms with E-state index in [9.17, 15) is 9.90 Å². The first-order valence-corrected chi connectivity index (χ1v) is 8.45. The maximum absolute atomic E-state index is 11.2. The van der Waals surface area contributed by atoms with Gasteiger partial charge in [0, 0.05) is 42.4 Å². The Balaban J connectivity index is 1.67. The highest BCUT2D eigenvalue weighted by atomic mass is 79.9. The van der Waals surface area contributed by atoms with Gasteiger partial charge in [-0.3, -0.25) is 4.90 Å². The molecule has 2 aliphatic rings. The summed E-state index contributed by atoms with van der Waals surface area (Å²) in [6.07, 6.45) is 5.44.